The summed E-state index contributed by atoms with van der Waals surface area (Å²) < 4.78 is 19.1. The number of amides is 2. The van der Waals surface area contributed by atoms with Gasteiger partial charge in [-0.05, 0) is 39.8 Å². The highest BCUT2D eigenvalue weighted by molar-refractivity contribution is 6.04. The van der Waals surface area contributed by atoms with E-state index in [1.807, 2.05) is 0 Å². The molecule has 0 radical (unpaired) electrons. The van der Waals surface area contributed by atoms with Gasteiger partial charge in [-0.3, -0.25) is 9.59 Å². The summed E-state index contributed by atoms with van der Waals surface area (Å²) in [5.74, 6) is -1.70. The van der Waals surface area contributed by atoms with Gasteiger partial charge in [0.15, 0.2) is 0 Å². The molecule has 1 aromatic heterocycles. The number of hydrogen-bond acceptors (Lipinski definition) is 6. The third-order valence-corrected chi connectivity index (χ3v) is 5.16. The lowest BCUT2D eigenvalue weighted by molar-refractivity contribution is 0.0403. The van der Waals surface area contributed by atoms with Crippen molar-refractivity contribution in [3.8, 4) is 0 Å². The molecule has 9 heteroatoms. The van der Waals surface area contributed by atoms with Crippen LogP contribution >= 0.6 is 0 Å². The van der Waals surface area contributed by atoms with Crippen molar-refractivity contribution in [1.82, 2.24) is 19.8 Å². The maximum atomic E-state index is 14.0. The van der Waals surface area contributed by atoms with E-state index in [1.165, 1.54) is 18.2 Å². The third-order valence-electron chi connectivity index (χ3n) is 5.16. The van der Waals surface area contributed by atoms with Gasteiger partial charge < -0.3 is 14.5 Å². The quantitative estimate of drug-likeness (QED) is 0.695. The molecular weight excluding hydrogens is 403 g/mol. The van der Waals surface area contributed by atoms with Gasteiger partial charge >= 0.3 is 5.97 Å². The zero-order valence-electron chi connectivity index (χ0n) is 18.0. The van der Waals surface area contributed by atoms with E-state index < -0.39 is 23.6 Å². The highest BCUT2D eigenvalue weighted by Gasteiger charge is 2.34. The minimum atomic E-state index is -0.648. The Morgan fingerprint density at radius 1 is 1.13 bits per heavy atom. The van der Waals surface area contributed by atoms with Crippen molar-refractivity contribution < 1.29 is 23.5 Å². The van der Waals surface area contributed by atoms with Gasteiger partial charge in [0.05, 0.1) is 17.9 Å². The predicted molar refractivity (Wildman–Crippen MR) is 110 cm³/mol. The summed E-state index contributed by atoms with van der Waals surface area (Å²) in [7, 11) is 0. The molecule has 2 amide bonds. The second-order valence-electron chi connectivity index (χ2n) is 7.38. The number of esters is 1. The van der Waals surface area contributed by atoms with Crippen LogP contribution in [0.15, 0.2) is 24.3 Å². The van der Waals surface area contributed by atoms with Crippen LogP contribution in [0.3, 0.4) is 0 Å². The second-order valence-corrected chi connectivity index (χ2v) is 7.38. The first kappa shape index (κ1) is 22.3. The van der Waals surface area contributed by atoms with E-state index in [4.69, 9.17) is 4.74 Å². The standard InChI is InChI=1S/C22H25FN4O4/c1-5-31-22(30)18-14(3)24-15(4)25-19(18)21(29)26-10-11-27(13(2)12-26)20(28)16-8-6-7-9-17(16)23/h6-9,13H,5,10-12H2,1-4H3. The third kappa shape index (κ3) is 4.55. The minimum absolute atomic E-state index is 0.000717. The Hall–Kier alpha value is -3.36. The molecule has 31 heavy (non-hydrogen) atoms. The summed E-state index contributed by atoms with van der Waals surface area (Å²) in [5.41, 5.74) is 0.413. The topological polar surface area (TPSA) is 92.7 Å². The number of carbonyl (C=O) groups excluding carboxylic acids is 3. The first-order valence-corrected chi connectivity index (χ1v) is 10.1. The summed E-state index contributed by atoms with van der Waals surface area (Å²) in [4.78, 5) is 49.9. The van der Waals surface area contributed by atoms with Crippen molar-refractivity contribution in [3.63, 3.8) is 0 Å². The molecule has 1 aromatic carbocycles. The van der Waals surface area contributed by atoms with Gasteiger partial charge in [-0.15, -0.1) is 0 Å². The Morgan fingerprint density at radius 2 is 1.84 bits per heavy atom. The molecule has 1 aliphatic rings. The Labute approximate surface area is 180 Å². The summed E-state index contributed by atoms with van der Waals surface area (Å²) >= 11 is 0. The van der Waals surface area contributed by atoms with Gasteiger partial charge in [-0.1, -0.05) is 12.1 Å². The summed E-state index contributed by atoms with van der Waals surface area (Å²) in [6.07, 6.45) is 0. The van der Waals surface area contributed by atoms with Gasteiger partial charge in [-0.2, -0.15) is 0 Å². The number of benzene rings is 1. The number of aryl methyl sites for hydroxylation is 2. The van der Waals surface area contributed by atoms with Crippen LogP contribution in [0.5, 0.6) is 0 Å². The Bertz CT molecular complexity index is 1030. The molecule has 1 aliphatic heterocycles. The molecule has 8 nitrogen and oxygen atoms in total. The zero-order valence-corrected chi connectivity index (χ0v) is 18.0. The fourth-order valence-corrected chi connectivity index (χ4v) is 3.70. The average molecular weight is 428 g/mol. The van der Waals surface area contributed by atoms with E-state index >= 15 is 0 Å². The number of nitrogens with zero attached hydrogens (tertiary/aromatic N) is 4. The number of halogens is 1. The van der Waals surface area contributed by atoms with Crippen LogP contribution in [0.2, 0.25) is 0 Å². The number of aromatic nitrogens is 2. The molecule has 2 heterocycles. The summed E-state index contributed by atoms with van der Waals surface area (Å²) in [6.45, 7) is 7.60. The second kappa shape index (κ2) is 9.20. The molecule has 3 rings (SSSR count). The van der Waals surface area contributed by atoms with Gasteiger partial charge in [0.1, 0.15) is 22.9 Å². The lowest BCUT2D eigenvalue weighted by Crippen LogP contribution is -2.55. The fourth-order valence-electron chi connectivity index (χ4n) is 3.70. The average Bonchev–Trinajstić information content (AvgIpc) is 2.72. The smallest absolute Gasteiger partial charge is 0.342 e. The normalized spacial score (nSPS) is 16.2. The van der Waals surface area contributed by atoms with E-state index in [9.17, 15) is 18.8 Å². The van der Waals surface area contributed by atoms with Crippen LogP contribution in [0.1, 0.15) is 56.6 Å². The van der Waals surface area contributed by atoms with Crippen molar-refractivity contribution in [3.05, 3.63) is 58.4 Å². The molecule has 2 aromatic rings. The number of carbonyl (C=O) groups is 3. The maximum absolute atomic E-state index is 14.0. The SMILES string of the molecule is CCOC(=O)c1c(C)nc(C)nc1C(=O)N1CCN(C(=O)c2ccccc2F)C(C)C1. The van der Waals surface area contributed by atoms with Crippen molar-refractivity contribution in [2.24, 2.45) is 0 Å². The monoisotopic (exact) mass is 428 g/mol. The van der Waals surface area contributed by atoms with Gasteiger partial charge in [0, 0.05) is 25.7 Å². The lowest BCUT2D eigenvalue weighted by Gasteiger charge is -2.40. The van der Waals surface area contributed by atoms with E-state index in [1.54, 1.807) is 43.6 Å². The molecule has 0 spiro atoms. The number of piperazine rings is 1. The molecule has 0 bridgehead atoms. The number of hydrogen-bond donors (Lipinski definition) is 0. The highest BCUT2D eigenvalue weighted by Crippen LogP contribution is 2.20. The molecule has 1 fully saturated rings. The van der Waals surface area contributed by atoms with E-state index in [-0.39, 0.29) is 49.1 Å². The molecule has 0 aliphatic carbocycles. The molecule has 0 saturated carbocycles. The van der Waals surface area contributed by atoms with Crippen LogP contribution in [-0.4, -0.2) is 69.8 Å². The van der Waals surface area contributed by atoms with Crippen LogP contribution in [0, 0.1) is 19.7 Å². The fraction of sp³-hybridized carbons (Fsp3) is 0.409. The molecule has 1 unspecified atom stereocenters. The van der Waals surface area contributed by atoms with Gasteiger partial charge in [0.2, 0.25) is 0 Å². The largest absolute Gasteiger partial charge is 0.462 e. The molecular formula is C22H25FN4O4. The van der Waals surface area contributed by atoms with Crippen molar-refractivity contribution in [2.45, 2.75) is 33.7 Å². The summed E-state index contributed by atoms with van der Waals surface area (Å²) in [5, 5.41) is 0. The molecule has 164 valence electrons. The Morgan fingerprint density at radius 3 is 2.48 bits per heavy atom. The van der Waals surface area contributed by atoms with E-state index in [2.05, 4.69) is 9.97 Å². The Kier molecular flexibility index (Phi) is 6.62. The first-order valence-electron chi connectivity index (χ1n) is 10.1. The van der Waals surface area contributed by atoms with Crippen molar-refractivity contribution in [2.75, 3.05) is 26.2 Å². The van der Waals surface area contributed by atoms with E-state index in [0.717, 1.165) is 0 Å². The molecule has 1 atom stereocenters. The number of ether oxygens (including phenoxy) is 1. The van der Waals surface area contributed by atoms with Crippen molar-refractivity contribution >= 4 is 17.8 Å². The highest BCUT2D eigenvalue weighted by atomic mass is 19.1. The molecule has 1 saturated heterocycles. The van der Waals surface area contributed by atoms with Crippen LogP contribution in [-0.2, 0) is 4.74 Å². The van der Waals surface area contributed by atoms with E-state index in [0.29, 0.717) is 11.5 Å². The van der Waals surface area contributed by atoms with Gasteiger partial charge in [0.25, 0.3) is 11.8 Å². The molecule has 0 N–H and O–H groups in total. The van der Waals surface area contributed by atoms with Gasteiger partial charge in [-0.25, -0.2) is 19.2 Å². The summed E-state index contributed by atoms with van der Waals surface area (Å²) in [6, 6.07) is 5.48. The maximum Gasteiger partial charge on any atom is 0.342 e. The lowest BCUT2D eigenvalue weighted by atomic mass is 10.1. The Balaban J connectivity index is 1.82. The number of rotatable bonds is 4. The first-order chi connectivity index (χ1) is 14.7. The zero-order chi connectivity index (χ0) is 22.7. The minimum Gasteiger partial charge on any atom is -0.462 e. The van der Waals surface area contributed by atoms with Crippen LogP contribution < -0.4 is 0 Å². The van der Waals surface area contributed by atoms with Crippen molar-refractivity contribution in [1.29, 1.82) is 0 Å². The predicted octanol–water partition coefficient (Wildman–Crippen LogP) is 2.40. The van der Waals surface area contributed by atoms with Crippen LogP contribution in [0.25, 0.3) is 0 Å². The van der Waals surface area contributed by atoms with Crippen LogP contribution in [0.4, 0.5) is 4.39 Å².